The molecule has 0 heterocycles. The quantitative estimate of drug-likeness (QED) is 0.155. The molecule has 4 nitrogen and oxygen atoms in total. The maximum absolute atomic E-state index is 12.7. The monoisotopic (exact) mass is 398 g/mol. The minimum Gasteiger partial charge on any atom is -0.465 e. The third kappa shape index (κ3) is 10.5. The molecule has 4 heteroatoms. The first kappa shape index (κ1) is 26.9. The summed E-state index contributed by atoms with van der Waals surface area (Å²) in [6, 6.07) is 0. The molecule has 166 valence electrons. The molecule has 0 fully saturated rings. The molecule has 0 aromatic heterocycles. The van der Waals surface area contributed by atoms with E-state index in [-0.39, 0.29) is 0 Å². The van der Waals surface area contributed by atoms with Crippen molar-refractivity contribution in [1.29, 1.82) is 0 Å². The fourth-order valence-corrected chi connectivity index (χ4v) is 3.43. The SMILES string of the molecule is CCCCCCCOC(=O)C(CC)(CC)C(=O)OCCC(C)CCCC(C)C. The highest BCUT2D eigenvalue weighted by atomic mass is 16.6. The van der Waals surface area contributed by atoms with Crippen molar-refractivity contribution < 1.29 is 19.1 Å². The lowest BCUT2D eigenvalue weighted by Gasteiger charge is -2.27. The van der Waals surface area contributed by atoms with Crippen LogP contribution in [0.25, 0.3) is 0 Å². The van der Waals surface area contributed by atoms with E-state index in [9.17, 15) is 9.59 Å². The number of hydrogen-bond donors (Lipinski definition) is 0. The maximum Gasteiger partial charge on any atom is 0.323 e. The van der Waals surface area contributed by atoms with Crippen molar-refractivity contribution in [1.82, 2.24) is 0 Å². The van der Waals surface area contributed by atoms with Crippen molar-refractivity contribution in [3.05, 3.63) is 0 Å². The van der Waals surface area contributed by atoms with Crippen molar-refractivity contribution in [3.8, 4) is 0 Å². The van der Waals surface area contributed by atoms with Gasteiger partial charge in [-0.3, -0.25) is 9.59 Å². The topological polar surface area (TPSA) is 52.6 Å². The number of carbonyl (C=O) groups is 2. The van der Waals surface area contributed by atoms with Gasteiger partial charge in [0.05, 0.1) is 13.2 Å². The largest absolute Gasteiger partial charge is 0.465 e. The maximum atomic E-state index is 12.7. The molecule has 0 aliphatic carbocycles. The Balaban J connectivity index is 4.38. The lowest BCUT2D eigenvalue weighted by atomic mass is 9.82. The summed E-state index contributed by atoms with van der Waals surface area (Å²) in [5.41, 5.74) is -1.15. The van der Waals surface area contributed by atoms with Crippen LogP contribution in [0.1, 0.15) is 112 Å². The van der Waals surface area contributed by atoms with Crippen molar-refractivity contribution in [2.75, 3.05) is 13.2 Å². The summed E-state index contributed by atoms with van der Waals surface area (Å²) in [7, 11) is 0. The Morgan fingerprint density at radius 1 is 0.714 bits per heavy atom. The Bertz CT molecular complexity index is 413. The van der Waals surface area contributed by atoms with Gasteiger partial charge in [-0.2, -0.15) is 0 Å². The Morgan fingerprint density at radius 2 is 1.29 bits per heavy atom. The smallest absolute Gasteiger partial charge is 0.323 e. The standard InChI is InChI=1S/C24H46O4/c1-7-10-11-12-13-18-27-22(25)24(8-2,9-3)23(26)28-19-17-21(6)16-14-15-20(4)5/h20-21H,7-19H2,1-6H3. The lowest BCUT2D eigenvalue weighted by Crippen LogP contribution is -2.41. The van der Waals surface area contributed by atoms with Gasteiger partial charge in [0.15, 0.2) is 5.41 Å². The van der Waals surface area contributed by atoms with Crippen molar-refractivity contribution in [3.63, 3.8) is 0 Å². The van der Waals surface area contributed by atoms with E-state index in [2.05, 4.69) is 27.7 Å². The fourth-order valence-electron chi connectivity index (χ4n) is 3.43. The van der Waals surface area contributed by atoms with E-state index in [1.807, 2.05) is 13.8 Å². The van der Waals surface area contributed by atoms with Crippen LogP contribution in [0, 0.1) is 17.3 Å². The molecule has 0 aliphatic rings. The Morgan fingerprint density at radius 3 is 1.82 bits per heavy atom. The number of esters is 2. The first-order chi connectivity index (χ1) is 13.3. The van der Waals surface area contributed by atoms with Crippen LogP contribution in [0.15, 0.2) is 0 Å². The number of rotatable bonds is 17. The van der Waals surface area contributed by atoms with Crippen LogP contribution in [0.4, 0.5) is 0 Å². The van der Waals surface area contributed by atoms with Gasteiger partial charge in [0, 0.05) is 0 Å². The molecule has 1 unspecified atom stereocenters. The van der Waals surface area contributed by atoms with Gasteiger partial charge in [0.1, 0.15) is 0 Å². The predicted molar refractivity (Wildman–Crippen MR) is 116 cm³/mol. The van der Waals surface area contributed by atoms with E-state index in [4.69, 9.17) is 9.47 Å². The average molecular weight is 399 g/mol. The summed E-state index contributed by atoms with van der Waals surface area (Å²) < 4.78 is 11.0. The minimum atomic E-state index is -1.15. The molecule has 0 rings (SSSR count). The second-order valence-electron chi connectivity index (χ2n) is 8.69. The molecule has 1 atom stereocenters. The van der Waals surface area contributed by atoms with Crippen molar-refractivity contribution in [2.24, 2.45) is 17.3 Å². The normalized spacial score (nSPS) is 12.8. The van der Waals surface area contributed by atoms with Crippen LogP contribution >= 0.6 is 0 Å². The van der Waals surface area contributed by atoms with Gasteiger partial charge in [-0.15, -0.1) is 0 Å². The summed E-state index contributed by atoms with van der Waals surface area (Å²) in [5.74, 6) is 0.433. The first-order valence-electron chi connectivity index (χ1n) is 11.7. The number of hydrogen-bond acceptors (Lipinski definition) is 4. The van der Waals surface area contributed by atoms with Gasteiger partial charge in [0.25, 0.3) is 0 Å². The summed E-state index contributed by atoms with van der Waals surface area (Å²) in [6.07, 6.45) is 10.8. The molecular formula is C24H46O4. The Hall–Kier alpha value is -1.06. The zero-order valence-corrected chi connectivity index (χ0v) is 19.5. The Kier molecular flexibility index (Phi) is 15.2. The van der Waals surface area contributed by atoms with Gasteiger partial charge < -0.3 is 9.47 Å². The molecule has 0 radical (unpaired) electrons. The summed E-state index contributed by atoms with van der Waals surface area (Å²) in [5, 5.41) is 0. The molecule has 0 aromatic rings. The highest BCUT2D eigenvalue weighted by molar-refractivity contribution is 5.99. The zero-order chi connectivity index (χ0) is 21.4. The highest BCUT2D eigenvalue weighted by Crippen LogP contribution is 2.30. The molecule has 0 amide bonds. The van der Waals surface area contributed by atoms with E-state index in [1.54, 1.807) is 0 Å². The van der Waals surface area contributed by atoms with E-state index < -0.39 is 17.4 Å². The summed E-state index contributed by atoms with van der Waals surface area (Å²) in [4.78, 5) is 25.3. The van der Waals surface area contributed by atoms with E-state index in [0.29, 0.717) is 32.0 Å². The number of ether oxygens (including phenoxy) is 2. The predicted octanol–water partition coefficient (Wildman–Crippen LogP) is 6.70. The fraction of sp³-hybridized carbons (Fsp3) is 0.917. The molecule has 0 N–H and O–H groups in total. The average Bonchev–Trinajstić information content (AvgIpc) is 2.65. The Labute approximate surface area is 174 Å². The van der Waals surface area contributed by atoms with E-state index in [1.165, 1.54) is 25.7 Å². The van der Waals surface area contributed by atoms with Gasteiger partial charge in [-0.25, -0.2) is 0 Å². The van der Waals surface area contributed by atoms with Gasteiger partial charge in [-0.1, -0.05) is 86.5 Å². The second kappa shape index (κ2) is 15.8. The highest BCUT2D eigenvalue weighted by Gasteiger charge is 2.45. The third-order valence-electron chi connectivity index (χ3n) is 5.79. The molecule has 28 heavy (non-hydrogen) atoms. The first-order valence-corrected chi connectivity index (χ1v) is 11.7. The summed E-state index contributed by atoms with van der Waals surface area (Å²) >= 11 is 0. The van der Waals surface area contributed by atoms with E-state index >= 15 is 0 Å². The molecule has 0 aliphatic heterocycles. The third-order valence-corrected chi connectivity index (χ3v) is 5.79. The zero-order valence-electron chi connectivity index (χ0n) is 19.5. The van der Waals surface area contributed by atoms with Crippen LogP contribution in [0.2, 0.25) is 0 Å². The second-order valence-corrected chi connectivity index (χ2v) is 8.69. The van der Waals surface area contributed by atoms with Gasteiger partial charge in [-0.05, 0) is 37.5 Å². The van der Waals surface area contributed by atoms with Crippen LogP contribution in [-0.2, 0) is 19.1 Å². The molecule has 0 aromatic carbocycles. The molecule has 0 saturated heterocycles. The van der Waals surface area contributed by atoms with Crippen LogP contribution in [0.5, 0.6) is 0 Å². The van der Waals surface area contributed by atoms with Crippen LogP contribution < -0.4 is 0 Å². The molecule has 0 bridgehead atoms. The van der Waals surface area contributed by atoms with Gasteiger partial charge >= 0.3 is 11.9 Å². The van der Waals surface area contributed by atoms with Crippen LogP contribution in [-0.4, -0.2) is 25.2 Å². The van der Waals surface area contributed by atoms with E-state index in [0.717, 1.165) is 38.0 Å². The summed E-state index contributed by atoms with van der Waals surface area (Å²) in [6.45, 7) is 13.4. The number of carbonyl (C=O) groups excluding carboxylic acids is 2. The molecule has 0 saturated carbocycles. The van der Waals surface area contributed by atoms with Crippen molar-refractivity contribution in [2.45, 2.75) is 112 Å². The van der Waals surface area contributed by atoms with Crippen LogP contribution in [0.3, 0.4) is 0 Å². The van der Waals surface area contributed by atoms with Crippen molar-refractivity contribution >= 4 is 11.9 Å². The minimum absolute atomic E-state index is 0.383. The van der Waals surface area contributed by atoms with Gasteiger partial charge in [0.2, 0.25) is 0 Å². The number of unbranched alkanes of at least 4 members (excludes halogenated alkanes) is 4. The molecular weight excluding hydrogens is 352 g/mol. The molecule has 0 spiro atoms. The lowest BCUT2D eigenvalue weighted by molar-refractivity contribution is -0.173.